The third kappa shape index (κ3) is 9.22. The molecule has 0 saturated carbocycles. The van der Waals surface area contributed by atoms with Gasteiger partial charge in [-0.2, -0.15) is 0 Å². The summed E-state index contributed by atoms with van der Waals surface area (Å²) >= 11 is 0. The van der Waals surface area contributed by atoms with Crippen LogP contribution in [0.3, 0.4) is 0 Å². The van der Waals surface area contributed by atoms with E-state index in [1.807, 2.05) is 5.32 Å². The number of amides is 3. The van der Waals surface area contributed by atoms with E-state index in [2.05, 4.69) is 10.6 Å². The first-order valence-electron chi connectivity index (χ1n) is 7.27. The lowest BCUT2D eigenvalue weighted by atomic mass is 10.1. The number of aliphatic carboxylic acids is 2. The van der Waals surface area contributed by atoms with Crippen molar-refractivity contribution in [3.8, 4) is 0 Å². The highest BCUT2D eigenvalue weighted by molar-refractivity contribution is 5.92. The molecule has 3 atom stereocenters. The highest BCUT2D eigenvalue weighted by Gasteiger charge is 2.29. The molecule has 0 fully saturated rings. The molecule has 0 rings (SSSR count). The minimum atomic E-state index is -1.63. The molecule has 0 spiro atoms. The van der Waals surface area contributed by atoms with Crippen molar-refractivity contribution in [1.82, 2.24) is 16.0 Å². The summed E-state index contributed by atoms with van der Waals surface area (Å²) in [5.41, 5.74) is 5.05. The Bertz CT molecular complexity index is 522. The van der Waals surface area contributed by atoms with Crippen LogP contribution in [0.2, 0.25) is 0 Å². The van der Waals surface area contributed by atoms with Gasteiger partial charge in [0.05, 0.1) is 19.2 Å². The van der Waals surface area contributed by atoms with Crippen LogP contribution in [-0.2, 0) is 24.0 Å². The molecule has 12 heteroatoms. The number of carboxylic acid groups (broad SMARTS) is 2. The van der Waals surface area contributed by atoms with E-state index in [1.54, 1.807) is 0 Å². The third-order valence-electron chi connectivity index (χ3n) is 2.98. The van der Waals surface area contributed by atoms with Gasteiger partial charge < -0.3 is 37.0 Å². The Balaban J connectivity index is 4.92. The van der Waals surface area contributed by atoms with E-state index in [0.29, 0.717) is 0 Å². The van der Waals surface area contributed by atoms with Crippen molar-refractivity contribution in [3.05, 3.63) is 0 Å². The van der Waals surface area contributed by atoms with Gasteiger partial charge in [0.2, 0.25) is 17.7 Å². The van der Waals surface area contributed by atoms with E-state index in [-0.39, 0.29) is 13.0 Å². The number of nitrogens with one attached hydrogen (secondary N) is 3. The summed E-state index contributed by atoms with van der Waals surface area (Å²) in [6.45, 7) is 0.308. The maximum absolute atomic E-state index is 12.1. The predicted molar refractivity (Wildman–Crippen MR) is 82.1 cm³/mol. The van der Waals surface area contributed by atoms with Crippen molar-refractivity contribution in [2.45, 2.75) is 38.0 Å². The van der Waals surface area contributed by atoms with Crippen molar-refractivity contribution in [2.75, 3.05) is 13.1 Å². The number of hydrogen-bond donors (Lipinski definition) is 7. The van der Waals surface area contributed by atoms with Gasteiger partial charge in [0.1, 0.15) is 6.04 Å². The Kier molecular flexibility index (Phi) is 9.74. The quantitative estimate of drug-likeness (QED) is 0.193. The Morgan fingerprint density at radius 3 is 2.08 bits per heavy atom. The first-order valence-corrected chi connectivity index (χ1v) is 7.27. The first kappa shape index (κ1) is 22.3. The predicted octanol–water partition coefficient (Wildman–Crippen LogP) is -3.64. The van der Waals surface area contributed by atoms with E-state index in [4.69, 9.17) is 15.9 Å². The minimum absolute atomic E-state index is 0.316. The summed E-state index contributed by atoms with van der Waals surface area (Å²) in [7, 11) is 0. The van der Waals surface area contributed by atoms with Gasteiger partial charge >= 0.3 is 11.9 Å². The van der Waals surface area contributed by atoms with E-state index in [9.17, 15) is 29.1 Å². The van der Waals surface area contributed by atoms with Crippen LogP contribution in [0.5, 0.6) is 0 Å². The fourth-order valence-corrected chi connectivity index (χ4v) is 1.68. The number of carbonyl (C=O) groups excluding carboxylic acids is 3. The Morgan fingerprint density at radius 2 is 1.64 bits per heavy atom. The second-order valence-corrected chi connectivity index (χ2v) is 5.10. The van der Waals surface area contributed by atoms with Crippen LogP contribution in [0, 0.1) is 0 Å². The van der Waals surface area contributed by atoms with Crippen LogP contribution >= 0.6 is 0 Å². The van der Waals surface area contributed by atoms with Gasteiger partial charge in [0.15, 0.2) is 6.04 Å². The van der Waals surface area contributed by atoms with Crippen molar-refractivity contribution < 1.29 is 39.3 Å². The normalized spacial score (nSPS) is 13.9. The Hall–Kier alpha value is -2.73. The number of nitrogens with two attached hydrogens (primary N) is 1. The zero-order valence-corrected chi connectivity index (χ0v) is 13.5. The fraction of sp³-hybridized carbons (Fsp3) is 0.615. The molecule has 0 bridgehead atoms. The van der Waals surface area contributed by atoms with Crippen molar-refractivity contribution in [3.63, 3.8) is 0 Å². The van der Waals surface area contributed by atoms with Crippen molar-refractivity contribution in [1.29, 1.82) is 0 Å². The molecule has 12 nitrogen and oxygen atoms in total. The molecule has 8 N–H and O–H groups in total. The number of aliphatic hydroxyl groups is 1. The lowest BCUT2D eigenvalue weighted by Crippen LogP contribution is -2.55. The molecular formula is C13H22N4O8. The molecule has 25 heavy (non-hydrogen) atoms. The third-order valence-corrected chi connectivity index (χ3v) is 2.98. The number of rotatable bonds is 11. The molecule has 0 saturated heterocycles. The Labute approximate surface area is 142 Å². The number of carbonyl (C=O) groups is 5. The van der Waals surface area contributed by atoms with E-state index >= 15 is 0 Å². The zero-order valence-electron chi connectivity index (χ0n) is 13.5. The second kappa shape index (κ2) is 10.9. The molecule has 3 unspecified atom stereocenters. The first-order chi connectivity index (χ1) is 11.6. The number of carboxylic acids is 2. The molecule has 3 amide bonds. The second-order valence-electron chi connectivity index (χ2n) is 5.10. The van der Waals surface area contributed by atoms with Gasteiger partial charge in [-0.15, -0.1) is 0 Å². The monoisotopic (exact) mass is 362 g/mol. The summed E-state index contributed by atoms with van der Waals surface area (Å²) in [4.78, 5) is 56.4. The zero-order chi connectivity index (χ0) is 19.6. The van der Waals surface area contributed by atoms with Crippen LogP contribution in [0.15, 0.2) is 0 Å². The van der Waals surface area contributed by atoms with E-state index < -0.39 is 60.8 Å². The lowest BCUT2D eigenvalue weighted by Gasteiger charge is -2.22. The molecule has 0 heterocycles. The average Bonchev–Trinajstić information content (AvgIpc) is 2.52. The van der Waals surface area contributed by atoms with Gasteiger partial charge in [0, 0.05) is 6.42 Å². The van der Waals surface area contributed by atoms with Crippen LogP contribution in [0.1, 0.15) is 19.8 Å². The summed E-state index contributed by atoms with van der Waals surface area (Å²) in [5.74, 6) is -5.11. The molecule has 0 aliphatic heterocycles. The highest BCUT2D eigenvalue weighted by atomic mass is 16.4. The van der Waals surface area contributed by atoms with Gasteiger partial charge in [-0.1, -0.05) is 0 Å². The molecule has 0 aromatic heterocycles. The molecular weight excluding hydrogens is 340 g/mol. The van der Waals surface area contributed by atoms with E-state index in [1.165, 1.54) is 0 Å². The fourth-order valence-electron chi connectivity index (χ4n) is 1.68. The molecule has 0 aliphatic rings. The van der Waals surface area contributed by atoms with Crippen LogP contribution in [-0.4, -0.2) is 76.3 Å². The highest BCUT2D eigenvalue weighted by Crippen LogP contribution is 2.01. The molecule has 0 aliphatic carbocycles. The number of aliphatic hydroxyl groups excluding tert-OH is 1. The topological polar surface area (TPSA) is 208 Å². The van der Waals surface area contributed by atoms with Gasteiger partial charge in [0.25, 0.3) is 0 Å². The minimum Gasteiger partial charge on any atom is -0.481 e. The Morgan fingerprint density at radius 1 is 1.04 bits per heavy atom. The molecule has 0 aromatic carbocycles. The summed E-state index contributed by atoms with van der Waals surface area (Å²) in [6.07, 6.45) is -2.20. The van der Waals surface area contributed by atoms with Gasteiger partial charge in [-0.05, 0) is 13.3 Å². The maximum Gasteiger partial charge on any atom is 0.328 e. The molecule has 0 radical (unpaired) electrons. The summed E-state index contributed by atoms with van der Waals surface area (Å²) in [5, 5.41) is 33.3. The smallest absolute Gasteiger partial charge is 0.328 e. The summed E-state index contributed by atoms with van der Waals surface area (Å²) in [6, 6.07) is -2.99. The van der Waals surface area contributed by atoms with Crippen molar-refractivity contribution >= 4 is 29.7 Å². The summed E-state index contributed by atoms with van der Waals surface area (Å²) < 4.78 is 0. The largest absolute Gasteiger partial charge is 0.481 e. The van der Waals surface area contributed by atoms with Crippen LogP contribution in [0.4, 0.5) is 0 Å². The lowest BCUT2D eigenvalue weighted by molar-refractivity contribution is -0.145. The van der Waals surface area contributed by atoms with Gasteiger partial charge in [-0.3, -0.25) is 19.2 Å². The van der Waals surface area contributed by atoms with Crippen LogP contribution < -0.4 is 21.7 Å². The SMILES string of the molecule is CC(O)C(NC(=O)C(CCC(=O)O)NC(=O)CNC(=O)CN)C(=O)O. The maximum atomic E-state index is 12.1. The average molecular weight is 362 g/mol. The number of hydrogen-bond acceptors (Lipinski definition) is 7. The van der Waals surface area contributed by atoms with Crippen LogP contribution in [0.25, 0.3) is 0 Å². The van der Waals surface area contributed by atoms with Gasteiger partial charge in [-0.25, -0.2) is 4.79 Å². The standard InChI is InChI=1S/C13H22N4O8/c1-6(18)11(13(24)25)17-12(23)7(2-3-10(21)22)16-9(20)5-15-8(19)4-14/h6-7,11,18H,2-5,14H2,1H3,(H,15,19)(H,16,20)(H,17,23)(H,21,22)(H,24,25). The van der Waals surface area contributed by atoms with Crippen molar-refractivity contribution in [2.24, 2.45) is 5.73 Å². The molecule has 142 valence electrons. The van der Waals surface area contributed by atoms with E-state index in [0.717, 1.165) is 6.92 Å². The molecule has 0 aromatic rings.